The highest BCUT2D eigenvalue weighted by Crippen LogP contribution is 2.24. The number of hydrogen-bond acceptors (Lipinski definition) is 7. The first-order chi connectivity index (χ1) is 15.1. The van der Waals surface area contributed by atoms with Gasteiger partial charge in [0.1, 0.15) is 18.1 Å². The molecule has 0 atom stereocenters. The van der Waals surface area contributed by atoms with Crippen molar-refractivity contribution in [2.75, 3.05) is 26.4 Å². The number of esters is 1. The van der Waals surface area contributed by atoms with Crippen LogP contribution in [0.3, 0.4) is 0 Å². The summed E-state index contributed by atoms with van der Waals surface area (Å²) >= 11 is 1.58. The molecule has 3 rings (SSSR count). The quantitative estimate of drug-likeness (QED) is 0.380. The summed E-state index contributed by atoms with van der Waals surface area (Å²) in [6, 6.07) is 14.6. The molecule has 0 bridgehead atoms. The van der Waals surface area contributed by atoms with Crippen LogP contribution >= 0.6 is 11.3 Å². The number of aromatic nitrogens is 1. The Morgan fingerprint density at radius 2 is 1.77 bits per heavy atom. The molecule has 2 aromatic heterocycles. The molecule has 1 amide bonds. The summed E-state index contributed by atoms with van der Waals surface area (Å²) in [5.41, 5.74) is 1.70. The molecule has 0 aliphatic rings. The van der Waals surface area contributed by atoms with Gasteiger partial charge in [-0.05, 0) is 61.7 Å². The average molecular weight is 441 g/mol. The molecule has 1 N–H and O–H groups in total. The molecule has 0 fully saturated rings. The van der Waals surface area contributed by atoms with Gasteiger partial charge in [-0.3, -0.25) is 9.78 Å². The molecule has 31 heavy (non-hydrogen) atoms. The number of carbonyl (C=O) groups excluding carboxylic acids is 2. The van der Waals surface area contributed by atoms with Crippen LogP contribution in [0, 0.1) is 6.92 Å². The lowest BCUT2D eigenvalue weighted by atomic mass is 10.2. The summed E-state index contributed by atoms with van der Waals surface area (Å²) in [5.74, 6) is 0.475. The van der Waals surface area contributed by atoms with E-state index in [-0.39, 0.29) is 6.61 Å². The zero-order chi connectivity index (χ0) is 22.1. The lowest BCUT2D eigenvalue weighted by Crippen LogP contribution is -2.32. The second-order valence-electron chi connectivity index (χ2n) is 6.49. The lowest BCUT2D eigenvalue weighted by Gasteiger charge is -2.10. The third-order valence-corrected chi connectivity index (χ3v) is 5.13. The highest BCUT2D eigenvalue weighted by atomic mass is 32.1. The highest BCUT2D eigenvalue weighted by Gasteiger charge is 2.14. The maximum atomic E-state index is 12.3. The Morgan fingerprint density at radius 1 is 1.03 bits per heavy atom. The molecule has 2 heterocycles. The fourth-order valence-corrected chi connectivity index (χ4v) is 3.45. The van der Waals surface area contributed by atoms with E-state index in [4.69, 9.17) is 14.2 Å². The molecule has 1 aromatic carbocycles. The molecule has 0 radical (unpaired) electrons. The predicted molar refractivity (Wildman–Crippen MR) is 119 cm³/mol. The van der Waals surface area contributed by atoms with Gasteiger partial charge in [0.15, 0.2) is 6.61 Å². The standard InChI is InChI=1S/C23H24N2O5S/c1-3-28-17-6-8-18(9-7-17)29-13-12-24-22(26)15-30-23(27)19-10-11-20(25-16(19)2)21-5-4-14-31-21/h4-11,14H,3,12-13,15H2,1-2H3,(H,24,26). The molecule has 162 valence electrons. The molecular weight excluding hydrogens is 416 g/mol. The summed E-state index contributed by atoms with van der Waals surface area (Å²) < 4.78 is 16.0. The van der Waals surface area contributed by atoms with Crippen LogP contribution in [0.25, 0.3) is 10.6 Å². The minimum absolute atomic E-state index is 0.291. The van der Waals surface area contributed by atoms with E-state index in [0.717, 1.165) is 16.3 Å². The van der Waals surface area contributed by atoms with Crippen LogP contribution in [0.2, 0.25) is 0 Å². The number of thiophene rings is 1. The second kappa shape index (κ2) is 11.1. The molecule has 0 aliphatic carbocycles. The summed E-state index contributed by atoms with van der Waals surface area (Å²) in [4.78, 5) is 29.7. The molecule has 0 unspecified atom stereocenters. The normalized spacial score (nSPS) is 10.4. The van der Waals surface area contributed by atoms with E-state index in [9.17, 15) is 9.59 Å². The van der Waals surface area contributed by atoms with Gasteiger partial charge in [-0.15, -0.1) is 11.3 Å². The van der Waals surface area contributed by atoms with E-state index >= 15 is 0 Å². The van der Waals surface area contributed by atoms with Gasteiger partial charge in [0.25, 0.3) is 5.91 Å². The molecule has 0 saturated heterocycles. The molecular formula is C23H24N2O5S. The Morgan fingerprint density at radius 3 is 2.42 bits per heavy atom. The number of nitrogens with one attached hydrogen (secondary N) is 1. The topological polar surface area (TPSA) is 86.8 Å². The maximum absolute atomic E-state index is 12.3. The Bertz CT molecular complexity index is 1000. The number of amides is 1. The van der Waals surface area contributed by atoms with E-state index in [2.05, 4.69) is 10.3 Å². The smallest absolute Gasteiger partial charge is 0.340 e. The van der Waals surface area contributed by atoms with Crippen molar-refractivity contribution in [2.45, 2.75) is 13.8 Å². The number of nitrogens with zero attached hydrogens (tertiary/aromatic N) is 1. The minimum atomic E-state index is -0.580. The van der Waals surface area contributed by atoms with E-state index in [1.807, 2.05) is 36.6 Å². The van der Waals surface area contributed by atoms with Gasteiger partial charge in [-0.25, -0.2) is 4.79 Å². The van der Waals surface area contributed by atoms with Crippen molar-refractivity contribution >= 4 is 23.2 Å². The number of rotatable bonds is 10. The van der Waals surface area contributed by atoms with Crippen molar-refractivity contribution in [2.24, 2.45) is 0 Å². The van der Waals surface area contributed by atoms with Crippen molar-refractivity contribution in [3.63, 3.8) is 0 Å². The molecule has 3 aromatic rings. The third kappa shape index (κ3) is 6.55. The van der Waals surface area contributed by atoms with E-state index in [1.165, 1.54) is 0 Å². The van der Waals surface area contributed by atoms with Crippen LogP contribution in [-0.2, 0) is 9.53 Å². The Labute approximate surface area is 185 Å². The Balaban J connectivity index is 1.38. The average Bonchev–Trinajstić information content (AvgIpc) is 3.31. The van der Waals surface area contributed by atoms with Gasteiger partial charge < -0.3 is 19.5 Å². The lowest BCUT2D eigenvalue weighted by molar-refractivity contribution is -0.124. The van der Waals surface area contributed by atoms with Crippen molar-refractivity contribution in [3.05, 3.63) is 65.2 Å². The zero-order valence-electron chi connectivity index (χ0n) is 17.4. The largest absolute Gasteiger partial charge is 0.494 e. The van der Waals surface area contributed by atoms with Crippen LogP contribution in [0.4, 0.5) is 0 Å². The molecule has 0 saturated carbocycles. The van der Waals surface area contributed by atoms with Gasteiger partial charge in [0.05, 0.1) is 35.0 Å². The molecule has 0 spiro atoms. The molecule has 8 heteroatoms. The van der Waals surface area contributed by atoms with Crippen LogP contribution in [0.15, 0.2) is 53.9 Å². The van der Waals surface area contributed by atoms with E-state index < -0.39 is 11.9 Å². The fourth-order valence-electron chi connectivity index (χ4n) is 2.76. The van der Waals surface area contributed by atoms with E-state index in [1.54, 1.807) is 42.5 Å². The number of pyridine rings is 1. The summed E-state index contributed by atoms with van der Waals surface area (Å²) in [7, 11) is 0. The Kier molecular flexibility index (Phi) is 8.00. The molecule has 0 aliphatic heterocycles. The first-order valence-corrected chi connectivity index (χ1v) is 10.8. The summed E-state index contributed by atoms with van der Waals surface area (Å²) in [5, 5.41) is 4.62. The van der Waals surface area contributed by atoms with E-state index in [0.29, 0.717) is 36.8 Å². The number of aryl methyl sites for hydroxylation is 1. The second-order valence-corrected chi connectivity index (χ2v) is 7.43. The van der Waals surface area contributed by atoms with Gasteiger partial charge in [-0.1, -0.05) is 6.07 Å². The number of benzene rings is 1. The zero-order valence-corrected chi connectivity index (χ0v) is 18.2. The van der Waals surface area contributed by atoms with Crippen molar-refractivity contribution in [3.8, 4) is 22.1 Å². The van der Waals surface area contributed by atoms with Gasteiger partial charge in [-0.2, -0.15) is 0 Å². The summed E-state index contributed by atoms with van der Waals surface area (Å²) in [6.07, 6.45) is 0. The van der Waals surface area contributed by atoms with Gasteiger partial charge in [0.2, 0.25) is 0 Å². The number of ether oxygens (including phenoxy) is 3. The van der Waals surface area contributed by atoms with Crippen molar-refractivity contribution < 1.29 is 23.8 Å². The van der Waals surface area contributed by atoms with Crippen LogP contribution in [0.1, 0.15) is 23.0 Å². The number of hydrogen-bond donors (Lipinski definition) is 1. The van der Waals surface area contributed by atoms with Crippen LogP contribution < -0.4 is 14.8 Å². The Hall–Kier alpha value is -3.39. The number of carbonyl (C=O) groups is 2. The minimum Gasteiger partial charge on any atom is -0.494 e. The summed E-state index contributed by atoms with van der Waals surface area (Å²) in [6.45, 7) is 4.48. The monoisotopic (exact) mass is 440 g/mol. The highest BCUT2D eigenvalue weighted by molar-refractivity contribution is 7.13. The fraction of sp³-hybridized carbons (Fsp3) is 0.261. The maximum Gasteiger partial charge on any atom is 0.340 e. The SMILES string of the molecule is CCOc1ccc(OCCNC(=O)COC(=O)c2ccc(-c3cccs3)nc2C)cc1. The van der Waals surface area contributed by atoms with Crippen molar-refractivity contribution in [1.82, 2.24) is 10.3 Å². The molecule has 7 nitrogen and oxygen atoms in total. The van der Waals surface area contributed by atoms with Crippen LogP contribution in [-0.4, -0.2) is 43.2 Å². The first-order valence-electron chi connectivity index (χ1n) is 9.88. The predicted octanol–water partition coefficient (Wildman–Crippen LogP) is 3.87. The van der Waals surface area contributed by atoms with Crippen LogP contribution in [0.5, 0.6) is 11.5 Å². The first kappa shape index (κ1) is 22.3. The van der Waals surface area contributed by atoms with Gasteiger partial charge in [0, 0.05) is 0 Å². The van der Waals surface area contributed by atoms with Crippen molar-refractivity contribution in [1.29, 1.82) is 0 Å². The third-order valence-electron chi connectivity index (χ3n) is 4.24. The van der Waals surface area contributed by atoms with Gasteiger partial charge >= 0.3 is 5.97 Å².